The smallest absolute Gasteiger partial charge is 0.0481 e. The molecule has 0 heterocycles. The summed E-state index contributed by atoms with van der Waals surface area (Å²) < 4.78 is 1.10. The quantitative estimate of drug-likeness (QED) is 0.0955. The van der Waals surface area contributed by atoms with E-state index >= 15 is 0 Å². The third-order valence-electron chi connectivity index (χ3n) is 18.8. The van der Waals surface area contributed by atoms with Crippen LogP contribution in [0.1, 0.15) is 18.6 Å². The number of hydrogen-bond acceptors (Lipinski definition) is 3. The van der Waals surface area contributed by atoms with E-state index in [4.69, 9.17) is 5.73 Å². The first-order valence-corrected chi connectivity index (χ1v) is 37.4. The number of anilines is 4. The molecule has 3 N–H and O–H groups in total. The lowest BCUT2D eigenvalue weighted by atomic mass is 9.95. The average Bonchev–Trinajstić information content (AvgIpc) is 0.784. The number of nitrogens with zero attached hydrogens (tertiary/aromatic N) is 1. The Morgan fingerprint density at radius 3 is 0.569 bits per heavy atom. The van der Waals surface area contributed by atoms with Crippen LogP contribution in [0.25, 0.3) is 111 Å². The molecule has 0 radical (unpaired) electrons. The summed E-state index contributed by atoms with van der Waals surface area (Å²) in [5.41, 5.74) is 36.3. The summed E-state index contributed by atoms with van der Waals surface area (Å²) >= 11 is 3.61. The first kappa shape index (κ1) is 74.1. The van der Waals surface area contributed by atoms with Gasteiger partial charge in [0, 0.05) is 40.3 Å². The predicted octanol–water partition coefficient (Wildman–Crippen LogP) is 29.4. The van der Waals surface area contributed by atoms with E-state index in [1.165, 1.54) is 122 Å². The van der Waals surface area contributed by atoms with Gasteiger partial charge in [0.1, 0.15) is 0 Å². The van der Waals surface area contributed by atoms with Crippen LogP contribution in [0.3, 0.4) is 0 Å². The van der Waals surface area contributed by atoms with E-state index in [9.17, 15) is 0 Å². The van der Waals surface area contributed by atoms with Crippen LogP contribution in [-0.2, 0) is 13.1 Å². The predicted molar refractivity (Wildman–Crippen MR) is 471 cm³/mol. The third kappa shape index (κ3) is 20.2. The van der Waals surface area contributed by atoms with E-state index in [0.29, 0.717) is 6.54 Å². The number of rotatable bonds is 17. The van der Waals surface area contributed by atoms with Gasteiger partial charge in [-0.3, -0.25) is 0 Å². The van der Waals surface area contributed by atoms with Gasteiger partial charge in [-0.2, -0.15) is 0 Å². The molecule has 0 aromatic heterocycles. The normalized spacial score (nSPS) is 10.5. The Morgan fingerprint density at radius 2 is 0.376 bits per heavy atom. The summed E-state index contributed by atoms with van der Waals surface area (Å²) in [6.07, 6.45) is 0. The first-order chi connectivity index (χ1) is 53.4. The van der Waals surface area contributed by atoms with Crippen LogP contribution in [0.15, 0.2) is 459 Å². The fourth-order valence-electron chi connectivity index (χ4n) is 13.4. The third-order valence-corrected chi connectivity index (χ3v) is 19.3. The van der Waals surface area contributed by atoms with Crippen LogP contribution in [-0.4, -0.2) is 0 Å². The molecular weight excluding hydrogens is 1380 g/mol. The van der Waals surface area contributed by atoms with Crippen molar-refractivity contribution < 1.29 is 0 Å². The molecule has 0 saturated carbocycles. The largest absolute Gasteiger partial charge is 0.355 e. The Labute approximate surface area is 652 Å². The van der Waals surface area contributed by atoms with Crippen molar-refractivity contribution in [2.75, 3.05) is 10.2 Å². The van der Waals surface area contributed by atoms with Crippen molar-refractivity contribution in [1.82, 2.24) is 0 Å². The van der Waals surface area contributed by atoms with E-state index in [-0.39, 0.29) is 7.43 Å². The van der Waals surface area contributed by atoms with E-state index in [0.717, 1.165) is 33.8 Å². The summed E-state index contributed by atoms with van der Waals surface area (Å²) in [5, 5.41) is 3.74. The van der Waals surface area contributed by atoms with Gasteiger partial charge in [0.05, 0.1) is 0 Å². The summed E-state index contributed by atoms with van der Waals surface area (Å²) in [7, 11) is 0. The van der Waals surface area contributed by atoms with Gasteiger partial charge in [-0.25, -0.2) is 0 Å². The van der Waals surface area contributed by atoms with Crippen molar-refractivity contribution in [3.63, 3.8) is 0 Å². The van der Waals surface area contributed by atoms with Crippen molar-refractivity contribution in [2.45, 2.75) is 20.5 Å². The van der Waals surface area contributed by atoms with E-state index in [1.807, 2.05) is 42.5 Å². The Kier molecular flexibility index (Phi) is 25.6. The maximum absolute atomic E-state index is 5.35. The first-order valence-electron chi connectivity index (χ1n) is 36.7. The van der Waals surface area contributed by atoms with Crippen molar-refractivity contribution in [2.24, 2.45) is 5.73 Å². The Balaban J connectivity index is 0.000000144. The minimum absolute atomic E-state index is 0. The van der Waals surface area contributed by atoms with Crippen molar-refractivity contribution in [3.05, 3.63) is 471 Å². The second-order valence-electron chi connectivity index (χ2n) is 26.4. The molecule has 0 atom stereocenters. The maximum atomic E-state index is 5.35. The van der Waals surface area contributed by atoms with E-state index < -0.39 is 0 Å². The van der Waals surface area contributed by atoms with Crippen LogP contribution in [0.5, 0.6) is 0 Å². The van der Waals surface area contributed by atoms with Gasteiger partial charge in [-0.1, -0.05) is 387 Å². The molecule has 17 rings (SSSR count). The fourth-order valence-corrected chi connectivity index (χ4v) is 13.9. The number of nitrogens with one attached hydrogen (secondary N) is 1. The molecule has 528 valence electrons. The van der Waals surface area contributed by atoms with Gasteiger partial charge < -0.3 is 16.0 Å². The molecule has 0 aliphatic rings. The van der Waals surface area contributed by atoms with E-state index in [2.05, 4.69) is 439 Å². The lowest BCUT2D eigenvalue weighted by molar-refractivity contribution is 0.976. The van der Waals surface area contributed by atoms with Crippen LogP contribution in [0.4, 0.5) is 22.7 Å². The summed E-state index contributed by atoms with van der Waals surface area (Å²) in [5.74, 6) is 0. The molecule has 0 fully saturated rings. The number of halogens is 1. The molecule has 0 spiro atoms. The molecule has 0 aliphatic carbocycles. The average molecular weight is 1470 g/mol. The molecular formula is C105H86BrN3. The molecule has 0 aliphatic heterocycles. The Bertz CT molecular complexity index is 5070. The topological polar surface area (TPSA) is 41.3 Å². The summed E-state index contributed by atoms with van der Waals surface area (Å²) in [6.45, 7) is 1.38. The van der Waals surface area contributed by atoms with Crippen molar-refractivity contribution >= 4 is 38.7 Å². The molecule has 17 aromatic rings. The maximum Gasteiger partial charge on any atom is 0.0481 e. The standard InChI is InChI=1S/C43H33N.C36H27N.C18H13Br.C7H9N.CH4/c1-6-16-33(17-7-1)32-44(42-28-38(34-18-8-2-9-19-34)26-39(29-42)35-20-10-3-11-21-35)43-30-40(36-22-12-4-13-23-36)27-41(31-43)37-24-14-5-15-25-37;1-5-13-27(14-6-1)31-21-32(28-15-7-2-8-16-28)24-35(23-31)37-36-25-33(29-17-9-3-10-18-29)22-34(26-36)30-19-11-4-12-20-30;19-18-12-16(14-7-3-1-4-8-14)11-17(13-18)15-9-5-2-6-10-15;8-6-7-4-2-1-3-5-7;/h1-31H,32H2;1-26,37H;1-13H;1-5H,6,8H2;1H4. The monoisotopic (exact) mass is 1470 g/mol. The summed E-state index contributed by atoms with van der Waals surface area (Å²) in [6, 6.07) is 161. The minimum Gasteiger partial charge on any atom is -0.355 e. The number of benzene rings is 17. The van der Waals surface area contributed by atoms with Crippen molar-refractivity contribution in [1.29, 1.82) is 0 Å². The van der Waals surface area contributed by atoms with Crippen LogP contribution >= 0.6 is 15.9 Å². The lowest BCUT2D eigenvalue weighted by Crippen LogP contribution is -2.17. The van der Waals surface area contributed by atoms with E-state index in [1.54, 1.807) is 0 Å². The fraction of sp³-hybridized carbons (Fsp3) is 0.0286. The highest BCUT2D eigenvalue weighted by atomic mass is 79.9. The molecule has 4 heteroatoms. The van der Waals surface area contributed by atoms with Gasteiger partial charge in [0.15, 0.2) is 0 Å². The zero-order valence-electron chi connectivity index (χ0n) is 60.1. The van der Waals surface area contributed by atoms with Crippen LogP contribution < -0.4 is 16.0 Å². The highest BCUT2D eigenvalue weighted by Crippen LogP contribution is 2.41. The van der Waals surface area contributed by atoms with Crippen LogP contribution in [0, 0.1) is 0 Å². The Morgan fingerprint density at radius 1 is 0.202 bits per heavy atom. The zero-order valence-corrected chi connectivity index (χ0v) is 61.7. The van der Waals surface area contributed by atoms with Gasteiger partial charge in [-0.05, 0) is 213 Å². The SMILES string of the molecule is Brc1cc(-c2ccccc2)cc(-c2ccccc2)c1.C.NCc1ccccc1.c1ccc(-c2cc(Nc3cc(-c4ccccc4)cc(-c4ccccc4)c3)cc(-c3ccccc3)c2)cc1.c1ccc(CN(c2cc(-c3ccccc3)cc(-c3ccccc3)c2)c2cc(-c3ccccc3)cc(-c3ccccc3)c2)cc1. The van der Waals surface area contributed by atoms with Gasteiger partial charge in [0.25, 0.3) is 0 Å². The molecule has 0 unspecified atom stereocenters. The summed E-state index contributed by atoms with van der Waals surface area (Å²) in [4.78, 5) is 2.47. The zero-order chi connectivity index (χ0) is 73.3. The highest BCUT2D eigenvalue weighted by molar-refractivity contribution is 9.10. The second kappa shape index (κ2) is 37.7. The van der Waals surface area contributed by atoms with Crippen molar-refractivity contribution in [3.8, 4) is 111 Å². The highest BCUT2D eigenvalue weighted by Gasteiger charge is 2.18. The molecule has 0 bridgehead atoms. The number of nitrogens with two attached hydrogens (primary N) is 1. The van der Waals surface area contributed by atoms with Gasteiger partial charge >= 0.3 is 0 Å². The molecule has 109 heavy (non-hydrogen) atoms. The lowest BCUT2D eigenvalue weighted by Gasteiger charge is -2.28. The molecule has 3 nitrogen and oxygen atoms in total. The Hall–Kier alpha value is -13.2. The van der Waals surface area contributed by atoms with Crippen LogP contribution in [0.2, 0.25) is 0 Å². The van der Waals surface area contributed by atoms with Gasteiger partial charge in [0.2, 0.25) is 0 Å². The minimum atomic E-state index is 0. The number of hydrogen-bond donors (Lipinski definition) is 2. The molecule has 17 aromatic carbocycles. The second-order valence-corrected chi connectivity index (χ2v) is 27.3. The molecule has 0 saturated heterocycles. The van der Waals surface area contributed by atoms with Gasteiger partial charge in [-0.15, -0.1) is 0 Å². The molecule has 0 amide bonds.